The van der Waals surface area contributed by atoms with Gasteiger partial charge in [0.1, 0.15) is 0 Å². The standard InChI is InChI=1S/C20H22N2O2/c1-2-3-9-19(23)21-17-10-11-18-16(14-17)12-13-22(18)20(24)15-7-5-4-6-8-15/h4-8,10-11,14H,2-3,9,12-13H2,1H3,(H,21,23). The van der Waals surface area contributed by atoms with Crippen molar-refractivity contribution < 1.29 is 9.59 Å². The van der Waals surface area contributed by atoms with Crippen LogP contribution < -0.4 is 10.2 Å². The monoisotopic (exact) mass is 322 g/mol. The molecule has 2 amide bonds. The molecule has 1 heterocycles. The summed E-state index contributed by atoms with van der Waals surface area (Å²) in [4.78, 5) is 26.3. The van der Waals surface area contributed by atoms with E-state index in [9.17, 15) is 9.59 Å². The Morgan fingerprint density at radius 3 is 2.67 bits per heavy atom. The molecule has 0 atom stereocenters. The average Bonchev–Trinajstić information content (AvgIpc) is 3.03. The highest BCUT2D eigenvalue weighted by Gasteiger charge is 2.25. The van der Waals surface area contributed by atoms with Gasteiger partial charge in [0.05, 0.1) is 0 Å². The molecule has 0 radical (unpaired) electrons. The Morgan fingerprint density at radius 1 is 1.12 bits per heavy atom. The summed E-state index contributed by atoms with van der Waals surface area (Å²) in [6, 6.07) is 15.1. The summed E-state index contributed by atoms with van der Waals surface area (Å²) in [5, 5.41) is 2.94. The zero-order valence-corrected chi connectivity index (χ0v) is 13.9. The normalized spacial score (nSPS) is 12.8. The Labute approximate surface area is 142 Å². The number of nitrogens with zero attached hydrogens (tertiary/aromatic N) is 1. The Bertz CT molecular complexity index is 741. The summed E-state index contributed by atoms with van der Waals surface area (Å²) in [5.41, 5.74) is 3.55. The van der Waals surface area contributed by atoms with Crippen LogP contribution in [0, 0.1) is 0 Å². The fraction of sp³-hybridized carbons (Fsp3) is 0.300. The molecular weight excluding hydrogens is 300 g/mol. The molecule has 0 aromatic heterocycles. The van der Waals surface area contributed by atoms with Gasteiger partial charge in [-0.25, -0.2) is 0 Å². The van der Waals surface area contributed by atoms with Gasteiger partial charge >= 0.3 is 0 Å². The van der Waals surface area contributed by atoms with Gasteiger partial charge in [0.15, 0.2) is 0 Å². The van der Waals surface area contributed by atoms with Gasteiger partial charge in [-0.1, -0.05) is 31.5 Å². The maximum absolute atomic E-state index is 12.6. The minimum absolute atomic E-state index is 0.0223. The molecule has 1 N–H and O–H groups in total. The van der Waals surface area contributed by atoms with E-state index in [1.807, 2.05) is 53.4 Å². The quantitative estimate of drug-likeness (QED) is 0.904. The van der Waals surface area contributed by atoms with Crippen molar-refractivity contribution in [3.63, 3.8) is 0 Å². The number of carbonyl (C=O) groups excluding carboxylic acids is 2. The van der Waals surface area contributed by atoms with Gasteiger partial charge in [-0.05, 0) is 48.7 Å². The van der Waals surface area contributed by atoms with Gasteiger partial charge < -0.3 is 10.2 Å². The molecule has 1 aliphatic rings. The fourth-order valence-corrected chi connectivity index (χ4v) is 2.99. The zero-order valence-electron chi connectivity index (χ0n) is 13.9. The summed E-state index contributed by atoms with van der Waals surface area (Å²) < 4.78 is 0. The molecular formula is C20H22N2O2. The van der Waals surface area contributed by atoms with Crippen molar-refractivity contribution in [2.24, 2.45) is 0 Å². The van der Waals surface area contributed by atoms with Gasteiger partial charge in [-0.15, -0.1) is 0 Å². The summed E-state index contributed by atoms with van der Waals surface area (Å²) in [6.45, 7) is 2.75. The van der Waals surface area contributed by atoms with Crippen LogP contribution in [0.1, 0.15) is 42.1 Å². The van der Waals surface area contributed by atoms with E-state index in [1.54, 1.807) is 0 Å². The molecule has 0 saturated heterocycles. The number of hydrogen-bond acceptors (Lipinski definition) is 2. The second-order valence-electron chi connectivity index (χ2n) is 6.07. The molecule has 4 nitrogen and oxygen atoms in total. The van der Waals surface area contributed by atoms with Crippen molar-refractivity contribution >= 4 is 23.2 Å². The van der Waals surface area contributed by atoms with E-state index in [-0.39, 0.29) is 11.8 Å². The largest absolute Gasteiger partial charge is 0.326 e. The average molecular weight is 322 g/mol. The molecule has 3 rings (SSSR count). The first-order chi connectivity index (χ1) is 11.7. The van der Waals surface area contributed by atoms with Crippen LogP contribution >= 0.6 is 0 Å². The van der Waals surface area contributed by atoms with Gasteiger partial charge in [0.2, 0.25) is 5.91 Å². The van der Waals surface area contributed by atoms with Crippen molar-refractivity contribution in [3.05, 3.63) is 59.7 Å². The van der Waals surface area contributed by atoms with Gasteiger partial charge in [0, 0.05) is 29.9 Å². The number of anilines is 2. The first-order valence-corrected chi connectivity index (χ1v) is 8.48. The summed E-state index contributed by atoms with van der Waals surface area (Å²) in [6.07, 6.45) is 3.27. The molecule has 2 aromatic carbocycles. The van der Waals surface area contributed by atoms with Crippen molar-refractivity contribution in [2.45, 2.75) is 32.6 Å². The molecule has 0 saturated carbocycles. The molecule has 24 heavy (non-hydrogen) atoms. The molecule has 0 spiro atoms. The molecule has 0 aliphatic carbocycles. The minimum Gasteiger partial charge on any atom is -0.326 e. The van der Waals surface area contributed by atoms with Crippen LogP contribution in [0.5, 0.6) is 0 Å². The highest BCUT2D eigenvalue weighted by atomic mass is 16.2. The molecule has 0 bridgehead atoms. The van der Waals surface area contributed by atoms with Crippen LogP contribution in [0.2, 0.25) is 0 Å². The third-order valence-electron chi connectivity index (χ3n) is 4.28. The van der Waals surface area contributed by atoms with Crippen LogP contribution in [0.25, 0.3) is 0 Å². The van der Waals surface area contributed by atoms with Crippen molar-refractivity contribution in [3.8, 4) is 0 Å². The number of nitrogens with one attached hydrogen (secondary N) is 1. The van der Waals surface area contributed by atoms with E-state index in [1.165, 1.54) is 0 Å². The van der Waals surface area contributed by atoms with E-state index < -0.39 is 0 Å². The van der Waals surface area contributed by atoms with Gasteiger partial charge in [-0.3, -0.25) is 9.59 Å². The maximum atomic E-state index is 12.6. The summed E-state index contributed by atoms with van der Waals surface area (Å²) in [7, 11) is 0. The van der Waals surface area contributed by atoms with E-state index in [2.05, 4.69) is 12.2 Å². The lowest BCUT2D eigenvalue weighted by Gasteiger charge is -2.17. The van der Waals surface area contributed by atoms with E-state index in [4.69, 9.17) is 0 Å². The molecule has 0 fully saturated rings. The highest BCUT2D eigenvalue weighted by Crippen LogP contribution is 2.31. The van der Waals surface area contributed by atoms with Crippen LogP contribution in [0.4, 0.5) is 11.4 Å². The number of benzene rings is 2. The molecule has 2 aromatic rings. The topological polar surface area (TPSA) is 49.4 Å². The highest BCUT2D eigenvalue weighted by molar-refractivity contribution is 6.07. The lowest BCUT2D eigenvalue weighted by atomic mass is 10.1. The van der Waals surface area contributed by atoms with E-state index >= 15 is 0 Å². The summed E-state index contributed by atoms with van der Waals surface area (Å²) >= 11 is 0. The van der Waals surface area contributed by atoms with Crippen molar-refractivity contribution in [1.29, 1.82) is 0 Å². The zero-order chi connectivity index (χ0) is 16.9. The summed E-state index contributed by atoms with van der Waals surface area (Å²) in [5.74, 6) is 0.0705. The van der Waals surface area contributed by atoms with Crippen molar-refractivity contribution in [2.75, 3.05) is 16.8 Å². The molecule has 1 aliphatic heterocycles. The fourth-order valence-electron chi connectivity index (χ4n) is 2.99. The lowest BCUT2D eigenvalue weighted by Crippen LogP contribution is -2.28. The number of hydrogen-bond donors (Lipinski definition) is 1. The number of rotatable bonds is 5. The number of fused-ring (bicyclic) bond motifs is 1. The van der Waals surface area contributed by atoms with Crippen LogP contribution in [-0.4, -0.2) is 18.4 Å². The van der Waals surface area contributed by atoms with Crippen LogP contribution in [0.3, 0.4) is 0 Å². The first-order valence-electron chi connectivity index (χ1n) is 8.48. The number of amides is 2. The third-order valence-corrected chi connectivity index (χ3v) is 4.28. The second kappa shape index (κ2) is 7.30. The van der Waals surface area contributed by atoms with Crippen LogP contribution in [0.15, 0.2) is 48.5 Å². The lowest BCUT2D eigenvalue weighted by molar-refractivity contribution is -0.116. The SMILES string of the molecule is CCCCC(=O)Nc1ccc2c(c1)CCN2C(=O)c1ccccc1. The Morgan fingerprint density at radius 2 is 1.92 bits per heavy atom. The van der Waals surface area contributed by atoms with Crippen molar-refractivity contribution in [1.82, 2.24) is 0 Å². The number of unbranched alkanes of at least 4 members (excludes halogenated alkanes) is 1. The van der Waals surface area contributed by atoms with E-state index in [0.29, 0.717) is 18.5 Å². The van der Waals surface area contributed by atoms with E-state index in [0.717, 1.165) is 36.2 Å². The van der Waals surface area contributed by atoms with Gasteiger partial charge in [0.25, 0.3) is 5.91 Å². The Balaban J connectivity index is 1.74. The first kappa shape index (κ1) is 16.2. The Kier molecular flexibility index (Phi) is 4.94. The molecule has 4 heteroatoms. The molecule has 0 unspecified atom stereocenters. The molecule has 124 valence electrons. The third kappa shape index (κ3) is 3.48. The minimum atomic E-state index is 0.0223. The Hall–Kier alpha value is -2.62. The second-order valence-corrected chi connectivity index (χ2v) is 6.07. The smallest absolute Gasteiger partial charge is 0.258 e. The predicted octanol–water partition coefficient (Wildman–Crippen LogP) is 4.02. The van der Waals surface area contributed by atoms with Crippen LogP contribution in [-0.2, 0) is 11.2 Å². The predicted molar refractivity (Wildman–Crippen MR) is 96.4 cm³/mol. The maximum Gasteiger partial charge on any atom is 0.258 e. The number of carbonyl (C=O) groups is 2. The van der Waals surface area contributed by atoms with Gasteiger partial charge in [-0.2, -0.15) is 0 Å².